The second kappa shape index (κ2) is 6.07. The molecule has 2 rings (SSSR count). The van der Waals surface area contributed by atoms with Crippen LogP contribution in [0.3, 0.4) is 0 Å². The van der Waals surface area contributed by atoms with E-state index in [1.165, 1.54) is 6.07 Å². The number of halogens is 2. The minimum Gasteiger partial charge on any atom is -0.392 e. The Kier molecular flexibility index (Phi) is 4.44. The minimum atomic E-state index is -0.601. The SMILES string of the molecule is OC(Cc1ccncc1)Cc1cc(Br)ccc1F. The maximum atomic E-state index is 13.5. The Balaban J connectivity index is 2.03. The summed E-state index contributed by atoms with van der Waals surface area (Å²) in [7, 11) is 0. The van der Waals surface area contributed by atoms with E-state index >= 15 is 0 Å². The fourth-order valence-corrected chi connectivity index (χ4v) is 2.23. The van der Waals surface area contributed by atoms with Gasteiger partial charge >= 0.3 is 0 Å². The number of hydrogen-bond acceptors (Lipinski definition) is 2. The first kappa shape index (κ1) is 13.2. The molecule has 0 aliphatic carbocycles. The lowest BCUT2D eigenvalue weighted by atomic mass is 10.0. The smallest absolute Gasteiger partial charge is 0.126 e. The van der Waals surface area contributed by atoms with Crippen LogP contribution < -0.4 is 0 Å². The lowest BCUT2D eigenvalue weighted by molar-refractivity contribution is 0.174. The highest BCUT2D eigenvalue weighted by Gasteiger charge is 2.10. The molecule has 1 heterocycles. The van der Waals surface area contributed by atoms with Crippen LogP contribution in [-0.4, -0.2) is 16.2 Å². The first-order valence-electron chi connectivity index (χ1n) is 5.66. The van der Waals surface area contributed by atoms with Crippen LogP contribution in [0.1, 0.15) is 11.1 Å². The normalized spacial score (nSPS) is 12.4. The summed E-state index contributed by atoms with van der Waals surface area (Å²) >= 11 is 3.30. The molecule has 0 radical (unpaired) electrons. The van der Waals surface area contributed by atoms with Crippen LogP contribution >= 0.6 is 15.9 Å². The second-order valence-electron chi connectivity index (χ2n) is 4.15. The molecule has 18 heavy (non-hydrogen) atoms. The maximum absolute atomic E-state index is 13.5. The molecular weight excluding hydrogens is 297 g/mol. The van der Waals surface area contributed by atoms with Crippen molar-refractivity contribution >= 4 is 15.9 Å². The Hall–Kier alpha value is -1.26. The average Bonchev–Trinajstić information content (AvgIpc) is 2.35. The van der Waals surface area contributed by atoms with Crippen molar-refractivity contribution in [3.8, 4) is 0 Å². The molecule has 1 atom stereocenters. The molecule has 1 N–H and O–H groups in total. The molecule has 1 aromatic carbocycles. The first-order chi connectivity index (χ1) is 8.65. The van der Waals surface area contributed by atoms with Crippen LogP contribution in [0.25, 0.3) is 0 Å². The second-order valence-corrected chi connectivity index (χ2v) is 5.07. The van der Waals surface area contributed by atoms with Gasteiger partial charge in [0.2, 0.25) is 0 Å². The van der Waals surface area contributed by atoms with Crippen molar-refractivity contribution in [1.29, 1.82) is 0 Å². The predicted octanol–water partition coefficient (Wildman–Crippen LogP) is 3.13. The minimum absolute atomic E-state index is 0.285. The van der Waals surface area contributed by atoms with E-state index in [-0.39, 0.29) is 5.82 Å². The Morgan fingerprint density at radius 1 is 1.17 bits per heavy atom. The van der Waals surface area contributed by atoms with Crippen molar-refractivity contribution in [2.24, 2.45) is 0 Å². The fraction of sp³-hybridized carbons (Fsp3) is 0.214. The van der Waals surface area contributed by atoms with E-state index < -0.39 is 6.10 Å². The molecule has 1 unspecified atom stereocenters. The van der Waals surface area contributed by atoms with Crippen LogP contribution in [0.4, 0.5) is 4.39 Å². The van der Waals surface area contributed by atoms with Crippen molar-refractivity contribution in [2.45, 2.75) is 18.9 Å². The zero-order valence-electron chi connectivity index (χ0n) is 9.68. The molecule has 2 nitrogen and oxygen atoms in total. The topological polar surface area (TPSA) is 33.1 Å². The average molecular weight is 310 g/mol. The summed E-state index contributed by atoms with van der Waals surface area (Å²) in [5.41, 5.74) is 1.51. The van der Waals surface area contributed by atoms with Crippen LogP contribution in [-0.2, 0) is 12.8 Å². The molecule has 2 aromatic rings. The summed E-state index contributed by atoms with van der Waals surface area (Å²) in [5.74, 6) is -0.285. The number of aliphatic hydroxyl groups is 1. The van der Waals surface area contributed by atoms with E-state index in [9.17, 15) is 9.50 Å². The number of aromatic nitrogens is 1. The first-order valence-corrected chi connectivity index (χ1v) is 6.45. The van der Waals surface area contributed by atoms with E-state index in [1.807, 2.05) is 12.1 Å². The van der Waals surface area contributed by atoms with Crippen molar-refractivity contribution in [3.63, 3.8) is 0 Å². The lowest BCUT2D eigenvalue weighted by Gasteiger charge is -2.11. The van der Waals surface area contributed by atoms with Gasteiger partial charge in [0.15, 0.2) is 0 Å². The number of pyridine rings is 1. The summed E-state index contributed by atoms with van der Waals surface area (Å²) in [6.45, 7) is 0. The van der Waals surface area contributed by atoms with Crippen molar-refractivity contribution < 1.29 is 9.50 Å². The van der Waals surface area contributed by atoms with Crippen molar-refractivity contribution in [2.75, 3.05) is 0 Å². The van der Waals surface area contributed by atoms with Crippen LogP contribution in [0.2, 0.25) is 0 Å². The zero-order valence-corrected chi connectivity index (χ0v) is 11.3. The molecule has 1 aromatic heterocycles. The van der Waals surface area contributed by atoms with Gasteiger partial charge in [0, 0.05) is 23.3 Å². The number of benzene rings is 1. The number of rotatable bonds is 4. The van der Waals surface area contributed by atoms with Crippen molar-refractivity contribution in [1.82, 2.24) is 4.98 Å². The zero-order chi connectivity index (χ0) is 13.0. The summed E-state index contributed by atoms with van der Waals surface area (Å²) in [5, 5.41) is 9.97. The van der Waals surface area contributed by atoms with Gasteiger partial charge in [0.25, 0.3) is 0 Å². The van der Waals surface area contributed by atoms with Gasteiger partial charge in [-0.05, 0) is 47.9 Å². The molecule has 4 heteroatoms. The van der Waals surface area contributed by atoms with Gasteiger partial charge < -0.3 is 5.11 Å². The third-order valence-electron chi connectivity index (χ3n) is 2.68. The highest BCUT2D eigenvalue weighted by molar-refractivity contribution is 9.10. The summed E-state index contributed by atoms with van der Waals surface area (Å²) in [6, 6.07) is 8.44. The number of nitrogens with zero attached hydrogens (tertiary/aromatic N) is 1. The summed E-state index contributed by atoms with van der Waals surface area (Å²) in [6.07, 6.45) is 3.56. The molecule has 94 valence electrons. The van der Waals surface area contributed by atoms with E-state index in [0.29, 0.717) is 18.4 Å². The van der Waals surface area contributed by atoms with Gasteiger partial charge in [-0.1, -0.05) is 15.9 Å². The van der Waals surface area contributed by atoms with E-state index in [0.717, 1.165) is 10.0 Å². The predicted molar refractivity (Wildman–Crippen MR) is 71.8 cm³/mol. The summed E-state index contributed by atoms with van der Waals surface area (Å²) in [4.78, 5) is 3.91. The highest BCUT2D eigenvalue weighted by Crippen LogP contribution is 2.18. The molecule has 0 saturated heterocycles. The molecular formula is C14H13BrFNO. The van der Waals surface area contributed by atoms with Gasteiger partial charge in [-0.3, -0.25) is 4.98 Å². The van der Waals surface area contributed by atoms with Gasteiger partial charge in [-0.2, -0.15) is 0 Å². The Morgan fingerprint density at radius 2 is 1.89 bits per heavy atom. The summed E-state index contributed by atoms with van der Waals surface area (Å²) < 4.78 is 14.3. The quantitative estimate of drug-likeness (QED) is 0.941. The van der Waals surface area contributed by atoms with Crippen LogP contribution in [0, 0.1) is 5.82 Å². The lowest BCUT2D eigenvalue weighted by Crippen LogP contribution is -2.14. The van der Waals surface area contributed by atoms with E-state index in [1.54, 1.807) is 24.5 Å². The Labute approximate surface area is 114 Å². The number of aliphatic hydroxyl groups excluding tert-OH is 1. The Morgan fingerprint density at radius 3 is 2.61 bits per heavy atom. The van der Waals surface area contributed by atoms with Crippen LogP contribution in [0.15, 0.2) is 47.2 Å². The van der Waals surface area contributed by atoms with Gasteiger partial charge in [0.05, 0.1) is 6.10 Å². The van der Waals surface area contributed by atoms with Gasteiger partial charge in [-0.15, -0.1) is 0 Å². The molecule has 0 aliphatic heterocycles. The molecule has 0 bridgehead atoms. The molecule has 0 fully saturated rings. The van der Waals surface area contributed by atoms with Crippen LogP contribution in [0.5, 0.6) is 0 Å². The van der Waals surface area contributed by atoms with E-state index in [2.05, 4.69) is 20.9 Å². The van der Waals surface area contributed by atoms with E-state index in [4.69, 9.17) is 0 Å². The highest BCUT2D eigenvalue weighted by atomic mass is 79.9. The third kappa shape index (κ3) is 3.62. The third-order valence-corrected chi connectivity index (χ3v) is 3.18. The molecule has 0 amide bonds. The molecule has 0 spiro atoms. The standard InChI is InChI=1S/C14H13BrFNO/c15-12-1-2-14(16)11(8-12)9-13(18)7-10-3-5-17-6-4-10/h1-6,8,13,18H,7,9H2. The fourth-order valence-electron chi connectivity index (χ4n) is 1.82. The molecule has 0 aliphatic rings. The van der Waals surface area contributed by atoms with Gasteiger partial charge in [-0.25, -0.2) is 4.39 Å². The van der Waals surface area contributed by atoms with Gasteiger partial charge in [0.1, 0.15) is 5.82 Å². The Bertz CT molecular complexity index is 518. The maximum Gasteiger partial charge on any atom is 0.126 e. The molecule has 0 saturated carbocycles. The monoisotopic (exact) mass is 309 g/mol. The largest absolute Gasteiger partial charge is 0.392 e. The number of hydrogen-bond donors (Lipinski definition) is 1. The van der Waals surface area contributed by atoms with Crippen molar-refractivity contribution in [3.05, 3.63) is 64.1 Å².